The molecule has 0 bridgehead atoms. The van der Waals surface area contributed by atoms with Crippen LogP contribution in [0.4, 0.5) is 8.78 Å². The smallest absolute Gasteiger partial charge is 0.349 e. The highest BCUT2D eigenvalue weighted by Crippen LogP contribution is 2.55. The van der Waals surface area contributed by atoms with E-state index in [1.165, 1.54) is 11.8 Å². The third-order valence-electron chi connectivity index (χ3n) is 5.71. The Morgan fingerprint density at radius 2 is 2.22 bits per heavy atom. The second-order valence-corrected chi connectivity index (χ2v) is 7.39. The molecule has 2 saturated heterocycles. The van der Waals surface area contributed by atoms with Gasteiger partial charge in [0.1, 0.15) is 6.10 Å². The number of hydrogen-bond donors (Lipinski definition) is 1. The quantitative estimate of drug-likeness (QED) is 0.769. The summed E-state index contributed by atoms with van der Waals surface area (Å²) >= 11 is 0. The van der Waals surface area contributed by atoms with Crippen LogP contribution in [0.15, 0.2) is 12.4 Å². The lowest BCUT2D eigenvalue weighted by Gasteiger charge is -2.59. The van der Waals surface area contributed by atoms with Crippen molar-refractivity contribution in [3.63, 3.8) is 0 Å². The minimum atomic E-state index is -3.80. The van der Waals surface area contributed by atoms with Crippen LogP contribution < -0.4 is 0 Å². The lowest BCUT2D eigenvalue weighted by Crippen LogP contribution is -2.66. The molecule has 0 radical (unpaired) electrons. The third-order valence-corrected chi connectivity index (χ3v) is 5.71. The van der Waals surface area contributed by atoms with Crippen molar-refractivity contribution in [3.05, 3.63) is 18.0 Å². The number of amides is 1. The average molecular weight is 387 g/mol. The second kappa shape index (κ2) is 7.81. The summed E-state index contributed by atoms with van der Waals surface area (Å²) in [6.07, 6.45) is 2.64. The van der Waals surface area contributed by atoms with E-state index < -0.39 is 24.0 Å². The van der Waals surface area contributed by atoms with Gasteiger partial charge in [-0.3, -0.25) is 9.48 Å². The number of hydrogen-bond acceptors (Lipinski definition) is 5. The monoisotopic (exact) mass is 387 g/mol. The van der Waals surface area contributed by atoms with Gasteiger partial charge < -0.3 is 19.5 Å². The van der Waals surface area contributed by atoms with Gasteiger partial charge in [0.05, 0.1) is 25.4 Å². The van der Waals surface area contributed by atoms with Gasteiger partial charge in [0.25, 0.3) is 5.91 Å². The highest BCUT2D eigenvalue weighted by molar-refractivity contribution is 5.85. The molecular formula is C18H27F2N3O4. The van der Waals surface area contributed by atoms with Gasteiger partial charge >= 0.3 is 5.92 Å². The number of carbonyl (C=O) groups excluding carboxylic acids is 1. The van der Waals surface area contributed by atoms with E-state index in [0.29, 0.717) is 39.2 Å². The van der Waals surface area contributed by atoms with Gasteiger partial charge in [0.2, 0.25) is 0 Å². The molecule has 1 N–H and O–H groups in total. The zero-order valence-electron chi connectivity index (χ0n) is 15.7. The van der Waals surface area contributed by atoms with Crippen LogP contribution in [0, 0.1) is 5.41 Å². The molecule has 1 aromatic heterocycles. The summed E-state index contributed by atoms with van der Waals surface area (Å²) in [5.74, 6) is -5.12. The molecule has 2 unspecified atom stereocenters. The summed E-state index contributed by atoms with van der Waals surface area (Å²) in [6.45, 7) is 3.79. The van der Waals surface area contributed by atoms with Gasteiger partial charge in [-0.25, -0.2) is 0 Å². The van der Waals surface area contributed by atoms with Crippen molar-refractivity contribution < 1.29 is 28.2 Å². The zero-order valence-corrected chi connectivity index (χ0v) is 15.7. The number of aliphatic hydroxyl groups excluding tert-OH is 1. The largest absolute Gasteiger partial charge is 0.386 e. The van der Waals surface area contributed by atoms with E-state index in [2.05, 4.69) is 5.10 Å². The van der Waals surface area contributed by atoms with Gasteiger partial charge in [0, 0.05) is 44.0 Å². The van der Waals surface area contributed by atoms with Crippen molar-refractivity contribution in [1.29, 1.82) is 0 Å². The van der Waals surface area contributed by atoms with Crippen LogP contribution in [0.5, 0.6) is 0 Å². The molecule has 2 atom stereocenters. The van der Waals surface area contributed by atoms with Crippen LogP contribution in [0.25, 0.3) is 0 Å². The minimum absolute atomic E-state index is 0.189. The number of ether oxygens (including phenoxy) is 2. The summed E-state index contributed by atoms with van der Waals surface area (Å²) in [6, 6.07) is -0.486. The summed E-state index contributed by atoms with van der Waals surface area (Å²) in [4.78, 5) is 13.8. The highest BCUT2D eigenvalue weighted by atomic mass is 19.3. The van der Waals surface area contributed by atoms with Crippen LogP contribution >= 0.6 is 0 Å². The van der Waals surface area contributed by atoms with Crippen molar-refractivity contribution in [2.45, 2.75) is 50.8 Å². The van der Waals surface area contributed by atoms with E-state index in [-0.39, 0.29) is 18.4 Å². The van der Waals surface area contributed by atoms with Crippen molar-refractivity contribution in [2.75, 3.05) is 33.5 Å². The van der Waals surface area contributed by atoms with E-state index in [4.69, 9.17) is 9.47 Å². The molecule has 27 heavy (non-hydrogen) atoms. The van der Waals surface area contributed by atoms with E-state index in [1.807, 2.05) is 0 Å². The first-order valence-electron chi connectivity index (χ1n) is 9.31. The van der Waals surface area contributed by atoms with Gasteiger partial charge in [-0.15, -0.1) is 0 Å². The molecule has 1 amide bonds. The summed E-state index contributed by atoms with van der Waals surface area (Å²) in [5.41, 5.74) is 0.449. The molecular weight excluding hydrogens is 360 g/mol. The summed E-state index contributed by atoms with van der Waals surface area (Å²) in [5, 5.41) is 13.9. The van der Waals surface area contributed by atoms with E-state index in [1.54, 1.807) is 24.2 Å². The van der Waals surface area contributed by atoms with Crippen molar-refractivity contribution in [2.24, 2.45) is 5.41 Å². The van der Waals surface area contributed by atoms with Crippen molar-refractivity contribution >= 4 is 5.91 Å². The number of carbonyl (C=O) groups is 1. The van der Waals surface area contributed by atoms with Gasteiger partial charge in [0.15, 0.2) is 0 Å². The lowest BCUT2D eigenvalue weighted by atomic mass is 9.64. The second-order valence-electron chi connectivity index (χ2n) is 7.39. The Bertz CT molecular complexity index is 661. The maximum absolute atomic E-state index is 14.4. The Hall–Kier alpha value is -1.58. The molecule has 9 heteroatoms. The molecule has 0 aromatic carbocycles. The predicted molar refractivity (Wildman–Crippen MR) is 92.3 cm³/mol. The fourth-order valence-electron chi connectivity index (χ4n) is 4.09. The van der Waals surface area contributed by atoms with Crippen LogP contribution in [-0.4, -0.2) is 71.2 Å². The van der Waals surface area contributed by atoms with Crippen LogP contribution in [0.1, 0.15) is 37.8 Å². The molecule has 1 spiro atoms. The molecule has 2 aliphatic rings. The SMILES string of the molecule is CCC(O)C(F)(F)C(=O)N1CC2(CCOCC2)C1c1cnn(CCOC)c1. The van der Waals surface area contributed by atoms with Gasteiger partial charge in [-0.2, -0.15) is 13.9 Å². The molecule has 7 nitrogen and oxygen atoms in total. The van der Waals surface area contributed by atoms with E-state index >= 15 is 0 Å². The summed E-state index contributed by atoms with van der Waals surface area (Å²) < 4.78 is 41.0. The number of halogens is 2. The Morgan fingerprint density at radius 3 is 2.85 bits per heavy atom. The molecule has 1 aromatic rings. The van der Waals surface area contributed by atoms with Crippen LogP contribution in [0.3, 0.4) is 0 Å². The zero-order chi connectivity index (χ0) is 19.7. The Kier molecular flexibility index (Phi) is 5.83. The fraction of sp³-hybridized carbons (Fsp3) is 0.778. The molecule has 2 aliphatic heterocycles. The first-order valence-corrected chi connectivity index (χ1v) is 9.31. The average Bonchev–Trinajstić information content (AvgIpc) is 3.11. The summed E-state index contributed by atoms with van der Waals surface area (Å²) in [7, 11) is 1.59. The molecule has 0 saturated carbocycles. The predicted octanol–water partition coefficient (Wildman–Crippen LogP) is 1.62. The first-order chi connectivity index (χ1) is 12.9. The highest BCUT2D eigenvalue weighted by Gasteiger charge is 2.60. The Labute approximate surface area is 157 Å². The van der Waals surface area contributed by atoms with E-state index in [0.717, 1.165) is 5.56 Å². The fourth-order valence-corrected chi connectivity index (χ4v) is 4.09. The number of methoxy groups -OCH3 is 1. The van der Waals surface area contributed by atoms with Crippen LogP contribution in [0.2, 0.25) is 0 Å². The van der Waals surface area contributed by atoms with Crippen molar-refractivity contribution in [1.82, 2.24) is 14.7 Å². The molecule has 0 aliphatic carbocycles. The molecule has 3 heterocycles. The van der Waals surface area contributed by atoms with Crippen LogP contribution in [-0.2, 0) is 20.8 Å². The molecule has 3 rings (SSSR count). The maximum atomic E-state index is 14.4. The normalized spacial score (nSPS) is 23.3. The number of rotatable bonds is 7. The number of nitrogens with zero attached hydrogens (tertiary/aromatic N) is 3. The van der Waals surface area contributed by atoms with E-state index in [9.17, 15) is 18.7 Å². The maximum Gasteiger partial charge on any atom is 0.349 e. The minimum Gasteiger partial charge on any atom is -0.386 e. The number of alkyl halides is 2. The Balaban J connectivity index is 1.86. The topological polar surface area (TPSA) is 76.8 Å². The number of aromatic nitrogens is 2. The van der Waals surface area contributed by atoms with Gasteiger partial charge in [-0.1, -0.05) is 6.92 Å². The first kappa shape index (κ1) is 20.2. The van der Waals surface area contributed by atoms with Crippen molar-refractivity contribution in [3.8, 4) is 0 Å². The standard InChI is InChI=1S/C18H27F2N3O4/c1-3-14(24)18(19,20)16(25)23-12-17(4-7-27-8-5-17)15(23)13-10-21-22(11-13)6-9-26-2/h10-11,14-15,24H,3-9,12H2,1-2H3. The lowest BCUT2D eigenvalue weighted by molar-refractivity contribution is -0.204. The Morgan fingerprint density at radius 1 is 1.52 bits per heavy atom. The number of aliphatic hydroxyl groups is 1. The molecule has 2 fully saturated rings. The number of likely N-dealkylation sites (tertiary alicyclic amines) is 1. The third kappa shape index (κ3) is 3.60. The molecule has 152 valence electrons. The van der Waals surface area contributed by atoms with Gasteiger partial charge in [-0.05, 0) is 19.3 Å².